The lowest BCUT2D eigenvalue weighted by atomic mass is 10.0. The first-order chi connectivity index (χ1) is 14.1. The summed E-state index contributed by atoms with van der Waals surface area (Å²) in [6.45, 7) is 7.34. The van der Waals surface area contributed by atoms with Gasteiger partial charge in [-0.1, -0.05) is 43.3 Å². The second-order valence-electron chi connectivity index (χ2n) is 7.56. The molecular formula is C24H26N4O. The maximum Gasteiger partial charge on any atom is 0.224 e. The lowest BCUT2D eigenvalue weighted by molar-refractivity contribution is -0.117. The van der Waals surface area contributed by atoms with E-state index >= 15 is 0 Å². The first-order valence-electron chi connectivity index (χ1n) is 10.1. The maximum absolute atomic E-state index is 12.5. The van der Waals surface area contributed by atoms with Crippen LogP contribution in [0.15, 0.2) is 60.9 Å². The van der Waals surface area contributed by atoms with Gasteiger partial charge in [-0.3, -0.25) is 14.8 Å². The van der Waals surface area contributed by atoms with E-state index in [2.05, 4.69) is 52.1 Å². The van der Waals surface area contributed by atoms with Gasteiger partial charge in [-0.05, 0) is 31.0 Å². The summed E-state index contributed by atoms with van der Waals surface area (Å²) in [5, 5.41) is 0. The van der Waals surface area contributed by atoms with Gasteiger partial charge in [0, 0.05) is 31.8 Å². The summed E-state index contributed by atoms with van der Waals surface area (Å²) in [6.07, 6.45) is 4.50. The fraction of sp³-hybridized carbons (Fsp3) is 0.292. The average Bonchev–Trinajstić information content (AvgIpc) is 2.74. The predicted octanol–water partition coefficient (Wildman–Crippen LogP) is 4.60. The van der Waals surface area contributed by atoms with E-state index in [0.29, 0.717) is 0 Å². The van der Waals surface area contributed by atoms with Crippen molar-refractivity contribution in [2.75, 3.05) is 16.3 Å². The molecule has 2 aromatic carbocycles. The van der Waals surface area contributed by atoms with Crippen LogP contribution in [-0.4, -0.2) is 28.5 Å². The number of aryl methyl sites for hydroxylation is 1. The number of anilines is 2. The molecule has 5 heteroatoms. The van der Waals surface area contributed by atoms with E-state index in [1.807, 2.05) is 30.0 Å². The predicted molar refractivity (Wildman–Crippen MR) is 117 cm³/mol. The third kappa shape index (κ3) is 3.86. The molecule has 0 saturated carbocycles. The van der Waals surface area contributed by atoms with Crippen molar-refractivity contribution >= 4 is 17.3 Å². The zero-order valence-corrected chi connectivity index (χ0v) is 17.2. The van der Waals surface area contributed by atoms with Crippen molar-refractivity contribution in [2.24, 2.45) is 0 Å². The number of amides is 1. The lowest BCUT2D eigenvalue weighted by Gasteiger charge is -2.43. The maximum atomic E-state index is 12.5. The topological polar surface area (TPSA) is 49.3 Å². The van der Waals surface area contributed by atoms with Crippen molar-refractivity contribution in [2.45, 2.75) is 39.8 Å². The van der Waals surface area contributed by atoms with Gasteiger partial charge in [-0.25, -0.2) is 0 Å². The number of fused-ring (bicyclic) bond motifs is 1. The fourth-order valence-corrected chi connectivity index (χ4v) is 4.00. The number of aromatic nitrogens is 2. The number of hydrogen-bond donors (Lipinski definition) is 0. The monoisotopic (exact) mass is 386 g/mol. The van der Waals surface area contributed by atoms with Crippen molar-refractivity contribution in [3.8, 4) is 11.3 Å². The highest BCUT2D eigenvalue weighted by atomic mass is 16.2. The van der Waals surface area contributed by atoms with Crippen LogP contribution in [0, 0.1) is 6.92 Å². The van der Waals surface area contributed by atoms with Crippen LogP contribution in [0.4, 0.5) is 11.4 Å². The van der Waals surface area contributed by atoms with E-state index in [4.69, 9.17) is 0 Å². The number of rotatable bonds is 4. The minimum Gasteiger partial charge on any atom is -0.363 e. The molecule has 1 aliphatic heterocycles. The van der Waals surface area contributed by atoms with Crippen LogP contribution >= 0.6 is 0 Å². The van der Waals surface area contributed by atoms with Crippen molar-refractivity contribution in [1.82, 2.24) is 9.97 Å². The highest BCUT2D eigenvalue weighted by molar-refractivity contribution is 5.98. The van der Waals surface area contributed by atoms with E-state index in [1.165, 1.54) is 5.56 Å². The van der Waals surface area contributed by atoms with Crippen LogP contribution < -0.4 is 9.80 Å². The van der Waals surface area contributed by atoms with Crippen LogP contribution in [0.1, 0.15) is 31.5 Å². The minimum absolute atomic E-state index is 0.0836. The Labute approximate surface area is 172 Å². The molecule has 3 aromatic rings. The summed E-state index contributed by atoms with van der Waals surface area (Å²) in [5.74, 6) is 0.0836. The Morgan fingerprint density at radius 2 is 1.86 bits per heavy atom. The molecule has 0 radical (unpaired) electrons. The molecule has 0 spiro atoms. The Morgan fingerprint density at radius 3 is 2.52 bits per heavy atom. The molecule has 1 aliphatic rings. The Bertz CT molecular complexity index is 1000. The van der Waals surface area contributed by atoms with Gasteiger partial charge >= 0.3 is 0 Å². The summed E-state index contributed by atoms with van der Waals surface area (Å²) in [4.78, 5) is 25.7. The van der Waals surface area contributed by atoms with E-state index in [9.17, 15) is 4.79 Å². The standard InChI is InChI=1S/C24H26N4O/c1-4-21-16-27(15-19-8-6-5-7-9-19)24-12-20(22-14-25-17(2)13-26-22)10-11-23(24)28(21)18(3)29/h5-14,21H,4,15-16H2,1-3H3. The summed E-state index contributed by atoms with van der Waals surface area (Å²) >= 11 is 0. The molecule has 148 valence electrons. The molecule has 0 saturated heterocycles. The zero-order valence-electron chi connectivity index (χ0n) is 17.2. The molecule has 1 aromatic heterocycles. The van der Waals surface area contributed by atoms with E-state index < -0.39 is 0 Å². The molecule has 0 bridgehead atoms. The molecular weight excluding hydrogens is 360 g/mol. The molecule has 4 rings (SSSR count). The molecule has 1 unspecified atom stereocenters. The Hall–Kier alpha value is -3.21. The Balaban J connectivity index is 1.79. The lowest BCUT2D eigenvalue weighted by Crippen LogP contribution is -2.50. The Kier molecular flexibility index (Phi) is 5.30. The van der Waals surface area contributed by atoms with Gasteiger partial charge < -0.3 is 9.80 Å². The highest BCUT2D eigenvalue weighted by Crippen LogP contribution is 2.39. The minimum atomic E-state index is 0.0836. The molecule has 0 fully saturated rings. The van der Waals surface area contributed by atoms with Gasteiger partial charge in [-0.2, -0.15) is 0 Å². The van der Waals surface area contributed by atoms with Crippen molar-refractivity contribution < 1.29 is 4.79 Å². The normalized spacial score (nSPS) is 15.9. The third-order valence-corrected chi connectivity index (χ3v) is 5.48. The van der Waals surface area contributed by atoms with Crippen LogP contribution in [0.25, 0.3) is 11.3 Å². The first-order valence-corrected chi connectivity index (χ1v) is 10.1. The third-order valence-electron chi connectivity index (χ3n) is 5.48. The van der Waals surface area contributed by atoms with Gasteiger partial charge in [0.15, 0.2) is 0 Å². The largest absolute Gasteiger partial charge is 0.363 e. The molecule has 1 atom stereocenters. The van der Waals surface area contributed by atoms with Gasteiger partial charge in [0.25, 0.3) is 0 Å². The van der Waals surface area contributed by atoms with Crippen molar-refractivity contribution in [1.29, 1.82) is 0 Å². The number of nitrogens with zero attached hydrogens (tertiary/aromatic N) is 4. The number of carbonyl (C=O) groups is 1. The van der Waals surface area contributed by atoms with E-state index in [-0.39, 0.29) is 11.9 Å². The first kappa shape index (κ1) is 19.1. The molecule has 0 aliphatic carbocycles. The molecule has 5 nitrogen and oxygen atoms in total. The molecule has 2 heterocycles. The van der Waals surface area contributed by atoms with E-state index in [1.54, 1.807) is 19.3 Å². The Morgan fingerprint density at radius 1 is 1.07 bits per heavy atom. The van der Waals surface area contributed by atoms with Crippen LogP contribution in [0.3, 0.4) is 0 Å². The van der Waals surface area contributed by atoms with Crippen LogP contribution in [0.2, 0.25) is 0 Å². The summed E-state index contributed by atoms with van der Waals surface area (Å²) in [5.41, 5.74) is 6.03. The average molecular weight is 386 g/mol. The molecule has 0 N–H and O–H groups in total. The zero-order chi connectivity index (χ0) is 20.4. The molecule has 29 heavy (non-hydrogen) atoms. The SMILES string of the molecule is CCC1CN(Cc2ccccc2)c2cc(-c3cnc(C)cn3)ccc2N1C(C)=O. The van der Waals surface area contributed by atoms with Gasteiger partial charge in [0.2, 0.25) is 5.91 Å². The van der Waals surface area contributed by atoms with E-state index in [0.717, 1.165) is 47.8 Å². The second kappa shape index (κ2) is 8.03. The fourth-order valence-electron chi connectivity index (χ4n) is 4.00. The summed E-state index contributed by atoms with van der Waals surface area (Å²) < 4.78 is 0. The quantitative estimate of drug-likeness (QED) is 0.657. The number of hydrogen-bond acceptors (Lipinski definition) is 4. The number of benzene rings is 2. The number of carbonyl (C=O) groups excluding carboxylic acids is 1. The summed E-state index contributed by atoms with van der Waals surface area (Å²) in [6, 6.07) is 16.8. The summed E-state index contributed by atoms with van der Waals surface area (Å²) in [7, 11) is 0. The van der Waals surface area contributed by atoms with Crippen molar-refractivity contribution in [3.05, 3.63) is 72.2 Å². The van der Waals surface area contributed by atoms with Crippen molar-refractivity contribution in [3.63, 3.8) is 0 Å². The van der Waals surface area contributed by atoms with Crippen LogP contribution in [-0.2, 0) is 11.3 Å². The molecule has 1 amide bonds. The smallest absolute Gasteiger partial charge is 0.224 e. The van der Waals surface area contributed by atoms with Gasteiger partial charge in [0.05, 0.1) is 35.0 Å². The highest BCUT2D eigenvalue weighted by Gasteiger charge is 2.32. The second-order valence-corrected chi connectivity index (χ2v) is 7.56. The van der Waals surface area contributed by atoms with Gasteiger partial charge in [-0.15, -0.1) is 0 Å². The van der Waals surface area contributed by atoms with Gasteiger partial charge in [0.1, 0.15) is 0 Å². The van der Waals surface area contributed by atoms with Crippen LogP contribution in [0.5, 0.6) is 0 Å².